The molecule has 1 atom stereocenters. The number of aliphatic hydroxyl groups is 1. The summed E-state index contributed by atoms with van der Waals surface area (Å²) in [5.41, 5.74) is 0.763. The predicted molar refractivity (Wildman–Crippen MR) is 145 cm³/mol. The molecule has 1 aromatic heterocycles. The molecule has 1 saturated heterocycles. The molecule has 0 spiro atoms. The second kappa shape index (κ2) is 13.2. The van der Waals surface area contributed by atoms with E-state index in [0.717, 1.165) is 17.8 Å². The SMILES string of the molecule is COc1ccc2ncc(CF)c([C@H](O)CCC3(CC(=O)O)CCN(CCSc4cc(F)cc(F)c4F)CC3)c2c1. The maximum atomic E-state index is 13.9. The first-order valence-electron chi connectivity index (χ1n) is 13.1. The van der Waals surface area contributed by atoms with Gasteiger partial charge in [0.1, 0.15) is 18.2 Å². The van der Waals surface area contributed by atoms with E-state index in [1.807, 2.05) is 0 Å². The Morgan fingerprint density at radius 2 is 1.95 bits per heavy atom. The summed E-state index contributed by atoms with van der Waals surface area (Å²) in [6, 6.07) is 6.68. The van der Waals surface area contributed by atoms with Gasteiger partial charge in [0.2, 0.25) is 0 Å². The van der Waals surface area contributed by atoms with Gasteiger partial charge >= 0.3 is 5.97 Å². The van der Waals surface area contributed by atoms with E-state index in [9.17, 15) is 32.6 Å². The summed E-state index contributed by atoms with van der Waals surface area (Å²) in [4.78, 5) is 18.1. The minimum absolute atomic E-state index is 0.0586. The van der Waals surface area contributed by atoms with Crippen LogP contribution in [0.25, 0.3) is 10.9 Å². The van der Waals surface area contributed by atoms with Crippen LogP contribution >= 0.6 is 11.8 Å². The van der Waals surface area contributed by atoms with Gasteiger partial charge in [0.05, 0.1) is 25.2 Å². The van der Waals surface area contributed by atoms with E-state index < -0.39 is 41.6 Å². The molecule has 2 heterocycles. The molecular formula is C29H32F4N2O4S. The molecule has 0 aliphatic carbocycles. The third-order valence-corrected chi connectivity index (χ3v) is 8.69. The number of nitrogens with zero attached hydrogens (tertiary/aromatic N) is 2. The Morgan fingerprint density at radius 1 is 1.20 bits per heavy atom. The van der Waals surface area contributed by atoms with E-state index >= 15 is 0 Å². The van der Waals surface area contributed by atoms with Crippen LogP contribution in [0.15, 0.2) is 41.4 Å². The second-order valence-corrected chi connectivity index (χ2v) is 11.4. The highest BCUT2D eigenvalue weighted by molar-refractivity contribution is 7.99. The molecule has 3 aromatic rings. The first kappa shape index (κ1) is 30.1. The number of aliphatic hydroxyl groups excluding tert-OH is 1. The molecule has 0 amide bonds. The van der Waals surface area contributed by atoms with Gasteiger partial charge in [-0.05, 0) is 74.0 Å². The summed E-state index contributed by atoms with van der Waals surface area (Å²) in [5.74, 6) is -3.09. The summed E-state index contributed by atoms with van der Waals surface area (Å²) in [6.45, 7) is 0.925. The van der Waals surface area contributed by atoms with Crippen molar-refractivity contribution in [2.75, 3.05) is 32.5 Å². The van der Waals surface area contributed by atoms with Gasteiger partial charge in [-0.1, -0.05) is 0 Å². The molecular weight excluding hydrogens is 548 g/mol. The normalized spacial score (nSPS) is 16.2. The number of thioether (sulfide) groups is 1. The average molecular weight is 581 g/mol. The Bertz CT molecular complexity index is 1350. The lowest BCUT2D eigenvalue weighted by Gasteiger charge is -2.41. The van der Waals surface area contributed by atoms with Crippen molar-refractivity contribution in [1.82, 2.24) is 9.88 Å². The molecule has 6 nitrogen and oxygen atoms in total. The number of fused-ring (bicyclic) bond motifs is 1. The van der Waals surface area contributed by atoms with E-state index in [2.05, 4.69) is 9.88 Å². The molecule has 4 rings (SSSR count). The summed E-state index contributed by atoms with van der Waals surface area (Å²) in [6.07, 6.45) is 2.15. The lowest BCUT2D eigenvalue weighted by atomic mass is 9.71. The van der Waals surface area contributed by atoms with Crippen LogP contribution in [0.4, 0.5) is 17.6 Å². The largest absolute Gasteiger partial charge is 0.497 e. The molecule has 11 heteroatoms. The molecule has 0 unspecified atom stereocenters. The monoisotopic (exact) mass is 580 g/mol. The van der Waals surface area contributed by atoms with Crippen molar-refractivity contribution in [2.24, 2.45) is 5.41 Å². The fourth-order valence-corrected chi connectivity index (χ4v) is 6.45. The quantitative estimate of drug-likeness (QED) is 0.148. The predicted octanol–water partition coefficient (Wildman–Crippen LogP) is 6.29. The van der Waals surface area contributed by atoms with Crippen molar-refractivity contribution in [3.63, 3.8) is 0 Å². The molecule has 1 fully saturated rings. The molecule has 0 bridgehead atoms. The van der Waals surface area contributed by atoms with Crippen LogP contribution in [0.2, 0.25) is 0 Å². The first-order chi connectivity index (χ1) is 19.1. The van der Waals surface area contributed by atoms with Crippen LogP contribution in [0, 0.1) is 22.9 Å². The number of piperidine rings is 1. The maximum Gasteiger partial charge on any atom is 0.303 e. The molecule has 2 N–H and O–H groups in total. The number of carboxylic acid groups (broad SMARTS) is 1. The van der Waals surface area contributed by atoms with E-state index in [-0.39, 0.29) is 23.3 Å². The van der Waals surface area contributed by atoms with Gasteiger partial charge in [-0.15, -0.1) is 11.8 Å². The van der Waals surface area contributed by atoms with Gasteiger partial charge in [0.15, 0.2) is 11.6 Å². The standard InChI is InChI=1S/C29H32F4N2O4S/c1-39-20-2-3-23-21(14-20)27(18(16-30)17-34-23)24(36)4-5-29(15-26(37)38)6-8-35(9-7-29)10-11-40-25-13-19(31)12-22(32)28(25)33/h2-3,12-14,17,24,36H,4-11,15-16H2,1H3,(H,37,38)/t24-/m1/s1. The maximum absolute atomic E-state index is 13.9. The van der Waals surface area contributed by atoms with Crippen LogP contribution in [0.5, 0.6) is 5.75 Å². The number of aliphatic carboxylic acids is 1. The lowest BCUT2D eigenvalue weighted by Crippen LogP contribution is -2.42. The summed E-state index contributed by atoms with van der Waals surface area (Å²) < 4.78 is 60.0. The zero-order chi connectivity index (χ0) is 28.9. The Balaban J connectivity index is 1.41. The summed E-state index contributed by atoms with van der Waals surface area (Å²) in [7, 11) is 1.52. The van der Waals surface area contributed by atoms with Crippen LogP contribution in [0.3, 0.4) is 0 Å². The molecule has 1 aliphatic heterocycles. The minimum atomic E-state index is -1.22. The first-order valence-corrected chi connectivity index (χ1v) is 14.0. The molecule has 1 aliphatic rings. The number of ether oxygens (including phenoxy) is 1. The number of alkyl halides is 1. The van der Waals surface area contributed by atoms with Gasteiger partial charge in [-0.2, -0.15) is 0 Å². The Kier molecular flexibility index (Phi) is 9.91. The van der Waals surface area contributed by atoms with Gasteiger partial charge < -0.3 is 19.8 Å². The van der Waals surface area contributed by atoms with Gasteiger partial charge in [-0.3, -0.25) is 9.78 Å². The smallest absolute Gasteiger partial charge is 0.303 e. The van der Waals surface area contributed by atoms with E-state index in [4.69, 9.17) is 4.74 Å². The van der Waals surface area contributed by atoms with Crippen LogP contribution in [-0.4, -0.2) is 58.6 Å². The fraction of sp³-hybridized carbons (Fsp3) is 0.448. The van der Waals surface area contributed by atoms with E-state index in [1.54, 1.807) is 18.2 Å². The number of hydrogen-bond donors (Lipinski definition) is 2. The van der Waals surface area contributed by atoms with Crippen molar-refractivity contribution in [2.45, 2.75) is 49.8 Å². The summed E-state index contributed by atoms with van der Waals surface area (Å²) >= 11 is 1.03. The number of rotatable bonds is 12. The molecule has 2 aromatic carbocycles. The van der Waals surface area contributed by atoms with Gasteiger partial charge in [-0.25, -0.2) is 17.6 Å². The van der Waals surface area contributed by atoms with Gasteiger partial charge in [0, 0.05) is 40.4 Å². The summed E-state index contributed by atoms with van der Waals surface area (Å²) in [5, 5.41) is 21.5. The Hall–Kier alpha value is -2.89. The number of carbonyl (C=O) groups is 1. The second-order valence-electron chi connectivity index (χ2n) is 10.2. The number of likely N-dealkylation sites (tertiary alicyclic amines) is 1. The molecule has 0 saturated carbocycles. The van der Waals surface area contributed by atoms with Crippen LogP contribution in [0.1, 0.15) is 49.3 Å². The minimum Gasteiger partial charge on any atom is -0.497 e. The number of methoxy groups -OCH3 is 1. The molecule has 0 radical (unpaired) electrons. The van der Waals surface area contributed by atoms with Crippen molar-refractivity contribution in [3.05, 3.63) is 65.1 Å². The Morgan fingerprint density at radius 3 is 2.62 bits per heavy atom. The highest BCUT2D eigenvalue weighted by Crippen LogP contribution is 2.42. The fourth-order valence-electron chi connectivity index (χ4n) is 5.46. The average Bonchev–Trinajstić information content (AvgIpc) is 2.94. The van der Waals surface area contributed by atoms with Crippen molar-refractivity contribution >= 4 is 28.6 Å². The Labute approximate surface area is 234 Å². The topological polar surface area (TPSA) is 82.9 Å². The zero-order valence-corrected chi connectivity index (χ0v) is 23.0. The van der Waals surface area contributed by atoms with Crippen LogP contribution in [-0.2, 0) is 11.5 Å². The lowest BCUT2D eigenvalue weighted by molar-refractivity contribution is -0.141. The van der Waals surface area contributed by atoms with Crippen molar-refractivity contribution in [3.8, 4) is 5.75 Å². The number of hydrogen-bond acceptors (Lipinski definition) is 6. The van der Waals surface area contributed by atoms with Crippen molar-refractivity contribution < 1.29 is 37.3 Å². The number of benzene rings is 2. The number of aromatic nitrogens is 1. The van der Waals surface area contributed by atoms with E-state index in [1.165, 1.54) is 13.3 Å². The van der Waals surface area contributed by atoms with Gasteiger partial charge in [0.25, 0.3) is 0 Å². The van der Waals surface area contributed by atoms with Crippen LogP contribution < -0.4 is 4.74 Å². The number of halogens is 4. The zero-order valence-electron chi connectivity index (χ0n) is 22.1. The van der Waals surface area contributed by atoms with E-state index in [0.29, 0.717) is 72.9 Å². The third kappa shape index (κ3) is 7.05. The highest BCUT2D eigenvalue weighted by Gasteiger charge is 2.37. The number of pyridine rings is 1. The number of carboxylic acids is 1. The molecule has 40 heavy (non-hydrogen) atoms. The molecule has 216 valence electrons. The third-order valence-electron chi connectivity index (χ3n) is 7.69. The highest BCUT2D eigenvalue weighted by atomic mass is 32.2. The van der Waals surface area contributed by atoms with Crippen molar-refractivity contribution in [1.29, 1.82) is 0 Å².